The third-order valence-electron chi connectivity index (χ3n) is 4.74. The molecule has 1 unspecified atom stereocenters. The van der Waals surface area contributed by atoms with Gasteiger partial charge in [0.1, 0.15) is 12.7 Å². The summed E-state index contributed by atoms with van der Waals surface area (Å²) in [5.74, 6) is 1.06. The van der Waals surface area contributed by atoms with Gasteiger partial charge >= 0.3 is 0 Å². The number of hydrogen-bond donors (Lipinski definition) is 2. The molecule has 0 aromatic heterocycles. The van der Waals surface area contributed by atoms with Gasteiger partial charge in [0.25, 0.3) is 5.91 Å². The van der Waals surface area contributed by atoms with Crippen LogP contribution in [0.2, 0.25) is 0 Å². The quantitative estimate of drug-likeness (QED) is 0.679. The van der Waals surface area contributed by atoms with Crippen LogP contribution in [0.1, 0.15) is 16.8 Å². The van der Waals surface area contributed by atoms with Crippen molar-refractivity contribution in [2.24, 2.45) is 0 Å². The van der Waals surface area contributed by atoms with Gasteiger partial charge in [0.05, 0.1) is 6.54 Å². The summed E-state index contributed by atoms with van der Waals surface area (Å²) in [5, 5.41) is 7.71. The van der Waals surface area contributed by atoms with Crippen molar-refractivity contribution in [3.05, 3.63) is 72.3 Å². The highest BCUT2D eigenvalue weighted by molar-refractivity contribution is 5.98. The van der Waals surface area contributed by atoms with Gasteiger partial charge in [-0.2, -0.15) is 0 Å². The number of ether oxygens (including phenoxy) is 2. The van der Waals surface area contributed by atoms with Crippen molar-refractivity contribution in [1.29, 1.82) is 0 Å². The van der Waals surface area contributed by atoms with E-state index in [-0.39, 0.29) is 30.9 Å². The first kappa shape index (κ1) is 18.8. The Morgan fingerprint density at radius 2 is 1.66 bits per heavy atom. The minimum Gasteiger partial charge on any atom is -0.486 e. The van der Waals surface area contributed by atoms with Crippen molar-refractivity contribution in [2.45, 2.75) is 12.5 Å². The fourth-order valence-corrected chi connectivity index (χ4v) is 3.20. The monoisotopic (exact) mass is 390 g/mol. The maximum absolute atomic E-state index is 12.3. The molecule has 0 saturated heterocycles. The Balaban J connectivity index is 1.20. The van der Waals surface area contributed by atoms with Crippen molar-refractivity contribution in [2.75, 3.05) is 19.7 Å². The second-order valence-corrected chi connectivity index (χ2v) is 6.87. The molecule has 0 fully saturated rings. The molecule has 3 aromatic rings. The molecule has 0 bridgehead atoms. The number of para-hydroxylation sites is 2. The number of rotatable bonds is 6. The van der Waals surface area contributed by atoms with Gasteiger partial charge in [0, 0.05) is 18.5 Å². The first-order valence-electron chi connectivity index (χ1n) is 9.61. The summed E-state index contributed by atoms with van der Waals surface area (Å²) in [6, 6.07) is 20.9. The third kappa shape index (κ3) is 4.66. The van der Waals surface area contributed by atoms with E-state index in [9.17, 15) is 9.59 Å². The molecule has 6 nitrogen and oxygen atoms in total. The maximum Gasteiger partial charge on any atom is 0.251 e. The van der Waals surface area contributed by atoms with Crippen LogP contribution in [0.15, 0.2) is 66.7 Å². The highest BCUT2D eigenvalue weighted by Crippen LogP contribution is 2.30. The Kier molecular flexibility index (Phi) is 5.61. The normalized spacial score (nSPS) is 15.0. The lowest BCUT2D eigenvalue weighted by Gasteiger charge is -2.26. The zero-order chi connectivity index (χ0) is 20.1. The van der Waals surface area contributed by atoms with E-state index in [2.05, 4.69) is 10.6 Å². The van der Waals surface area contributed by atoms with Gasteiger partial charge < -0.3 is 20.1 Å². The molecule has 1 atom stereocenters. The smallest absolute Gasteiger partial charge is 0.251 e. The van der Waals surface area contributed by atoms with Gasteiger partial charge in [-0.1, -0.05) is 42.5 Å². The van der Waals surface area contributed by atoms with Crippen molar-refractivity contribution in [3.63, 3.8) is 0 Å². The number of benzene rings is 3. The van der Waals surface area contributed by atoms with E-state index in [1.165, 1.54) is 0 Å². The van der Waals surface area contributed by atoms with Gasteiger partial charge in [-0.15, -0.1) is 0 Å². The number of amides is 2. The van der Waals surface area contributed by atoms with Crippen LogP contribution in [0.5, 0.6) is 11.5 Å². The SMILES string of the molecule is O=C(CCNC(=O)c1ccc2ccccc2c1)NCC1COc2ccccc2O1. The Bertz CT molecular complexity index is 1030. The summed E-state index contributed by atoms with van der Waals surface area (Å²) >= 11 is 0. The minimum atomic E-state index is -0.235. The molecule has 2 amide bonds. The molecule has 3 aromatic carbocycles. The topological polar surface area (TPSA) is 76.7 Å². The molecule has 0 aliphatic carbocycles. The van der Waals surface area contributed by atoms with Gasteiger partial charge in [-0.05, 0) is 35.0 Å². The number of fused-ring (bicyclic) bond motifs is 2. The molecule has 1 aliphatic heterocycles. The second kappa shape index (κ2) is 8.65. The van der Waals surface area contributed by atoms with Crippen LogP contribution in [0, 0.1) is 0 Å². The molecule has 1 heterocycles. The first-order valence-corrected chi connectivity index (χ1v) is 9.61. The fraction of sp³-hybridized carbons (Fsp3) is 0.217. The molecule has 2 N–H and O–H groups in total. The van der Waals surface area contributed by atoms with Crippen LogP contribution in [0.25, 0.3) is 10.8 Å². The highest BCUT2D eigenvalue weighted by atomic mass is 16.6. The molecule has 4 rings (SSSR count). The highest BCUT2D eigenvalue weighted by Gasteiger charge is 2.20. The van der Waals surface area contributed by atoms with E-state index < -0.39 is 0 Å². The molecule has 1 aliphatic rings. The van der Waals surface area contributed by atoms with E-state index in [1.54, 1.807) is 6.07 Å². The number of carbonyl (C=O) groups excluding carboxylic acids is 2. The Morgan fingerprint density at radius 1 is 0.897 bits per heavy atom. The number of nitrogens with one attached hydrogen (secondary N) is 2. The molecule has 148 valence electrons. The van der Waals surface area contributed by atoms with Gasteiger partial charge in [0.15, 0.2) is 11.5 Å². The zero-order valence-electron chi connectivity index (χ0n) is 15.9. The van der Waals surface area contributed by atoms with Crippen molar-refractivity contribution < 1.29 is 19.1 Å². The first-order chi connectivity index (χ1) is 14.2. The number of carbonyl (C=O) groups is 2. The van der Waals surface area contributed by atoms with Crippen LogP contribution >= 0.6 is 0 Å². The second-order valence-electron chi connectivity index (χ2n) is 6.87. The van der Waals surface area contributed by atoms with Crippen LogP contribution < -0.4 is 20.1 Å². The number of hydrogen-bond acceptors (Lipinski definition) is 4. The van der Waals surface area contributed by atoms with Gasteiger partial charge in [-0.3, -0.25) is 9.59 Å². The van der Waals surface area contributed by atoms with E-state index in [0.29, 0.717) is 30.2 Å². The average Bonchev–Trinajstić information content (AvgIpc) is 2.77. The summed E-state index contributed by atoms with van der Waals surface area (Å²) < 4.78 is 11.4. The lowest BCUT2D eigenvalue weighted by Crippen LogP contribution is -2.41. The average molecular weight is 390 g/mol. The predicted molar refractivity (Wildman–Crippen MR) is 110 cm³/mol. The molecular formula is C23H22N2O4. The van der Waals surface area contributed by atoms with E-state index in [0.717, 1.165) is 10.8 Å². The molecule has 29 heavy (non-hydrogen) atoms. The summed E-state index contributed by atoms with van der Waals surface area (Å²) in [6.07, 6.45) is -0.0372. The standard InChI is InChI=1S/C23H22N2O4/c26-22(25-14-19-15-28-20-7-3-4-8-21(20)29-19)11-12-24-23(27)18-10-9-16-5-1-2-6-17(16)13-18/h1-10,13,19H,11-12,14-15H2,(H,24,27)(H,25,26). The molecule has 0 spiro atoms. The van der Waals surface area contributed by atoms with Gasteiger partial charge in [0.2, 0.25) is 5.91 Å². The van der Waals surface area contributed by atoms with E-state index in [1.807, 2.05) is 60.7 Å². The van der Waals surface area contributed by atoms with Crippen molar-refractivity contribution >= 4 is 22.6 Å². The lowest BCUT2D eigenvalue weighted by atomic mass is 10.1. The lowest BCUT2D eigenvalue weighted by molar-refractivity contribution is -0.121. The summed E-state index contributed by atoms with van der Waals surface area (Å²) in [7, 11) is 0. The largest absolute Gasteiger partial charge is 0.486 e. The van der Waals surface area contributed by atoms with Crippen molar-refractivity contribution in [1.82, 2.24) is 10.6 Å². The predicted octanol–water partition coefficient (Wildman–Crippen LogP) is 2.92. The van der Waals surface area contributed by atoms with Crippen LogP contribution in [-0.4, -0.2) is 37.6 Å². The van der Waals surface area contributed by atoms with E-state index in [4.69, 9.17) is 9.47 Å². The van der Waals surface area contributed by atoms with Crippen LogP contribution in [-0.2, 0) is 4.79 Å². The third-order valence-corrected chi connectivity index (χ3v) is 4.74. The van der Waals surface area contributed by atoms with Crippen LogP contribution in [0.3, 0.4) is 0 Å². The maximum atomic E-state index is 12.3. The minimum absolute atomic E-state index is 0.147. The fourth-order valence-electron chi connectivity index (χ4n) is 3.20. The Hall–Kier alpha value is -3.54. The molecule has 0 saturated carbocycles. The summed E-state index contributed by atoms with van der Waals surface area (Å²) in [4.78, 5) is 24.4. The zero-order valence-corrected chi connectivity index (χ0v) is 15.9. The van der Waals surface area contributed by atoms with Crippen LogP contribution in [0.4, 0.5) is 0 Å². The van der Waals surface area contributed by atoms with Gasteiger partial charge in [-0.25, -0.2) is 0 Å². The molecule has 0 radical (unpaired) electrons. The van der Waals surface area contributed by atoms with E-state index >= 15 is 0 Å². The Labute approximate surface area is 168 Å². The van der Waals surface area contributed by atoms with Crippen molar-refractivity contribution in [3.8, 4) is 11.5 Å². The molecule has 6 heteroatoms. The summed E-state index contributed by atoms with van der Waals surface area (Å²) in [6.45, 7) is 1.00. The summed E-state index contributed by atoms with van der Waals surface area (Å²) in [5.41, 5.74) is 0.579. The molecular weight excluding hydrogens is 368 g/mol. The Morgan fingerprint density at radius 3 is 2.52 bits per heavy atom.